The van der Waals surface area contributed by atoms with Crippen molar-refractivity contribution in [1.29, 1.82) is 5.26 Å². The molecule has 0 aromatic heterocycles. The zero-order valence-electron chi connectivity index (χ0n) is 9.04. The van der Waals surface area contributed by atoms with Crippen molar-refractivity contribution in [2.75, 3.05) is 7.05 Å². The van der Waals surface area contributed by atoms with Crippen LogP contribution in [0.3, 0.4) is 0 Å². The van der Waals surface area contributed by atoms with Crippen LogP contribution in [0.15, 0.2) is 23.2 Å². The third-order valence-electron chi connectivity index (χ3n) is 2.17. The Balaban J connectivity index is 2.78. The predicted molar refractivity (Wildman–Crippen MR) is 61.6 cm³/mol. The van der Waals surface area contributed by atoms with E-state index in [1.807, 2.05) is 0 Å². The number of rotatable bonds is 2. The maximum atomic E-state index is 13.1. The van der Waals surface area contributed by atoms with E-state index in [-0.39, 0.29) is 5.02 Å². The summed E-state index contributed by atoms with van der Waals surface area (Å²) in [6.07, 6.45) is 1.71. The molecule has 0 heterocycles. The Hall–Kier alpha value is -1.60. The average Bonchev–Trinajstić information content (AvgIpc) is 2.24. The van der Waals surface area contributed by atoms with Gasteiger partial charge in [0.2, 0.25) is 6.19 Å². The van der Waals surface area contributed by atoms with Crippen molar-refractivity contribution >= 4 is 17.4 Å². The molecule has 1 rings (SSSR count). The van der Waals surface area contributed by atoms with Crippen molar-refractivity contribution in [2.24, 2.45) is 4.99 Å². The quantitative estimate of drug-likeness (QED) is 0.452. The lowest BCUT2D eigenvalue weighted by atomic mass is 10.2. The molecule has 0 aliphatic heterocycles. The minimum atomic E-state index is -0.442. The second kappa shape index (κ2) is 5.47. The van der Waals surface area contributed by atoms with Gasteiger partial charge in [-0.1, -0.05) is 17.7 Å². The first-order chi connectivity index (χ1) is 7.54. The molecule has 0 bridgehead atoms. The van der Waals surface area contributed by atoms with Gasteiger partial charge in [-0.25, -0.2) is 4.39 Å². The summed E-state index contributed by atoms with van der Waals surface area (Å²) in [4.78, 5) is 5.34. The molecule has 5 heteroatoms. The van der Waals surface area contributed by atoms with Crippen molar-refractivity contribution in [2.45, 2.75) is 13.5 Å². The molecule has 0 fully saturated rings. The number of nitriles is 1. The molecule has 0 spiro atoms. The lowest BCUT2D eigenvalue weighted by Gasteiger charge is -2.17. The fraction of sp³-hybridized carbons (Fsp3) is 0.273. The largest absolute Gasteiger partial charge is 0.358 e. The Bertz CT molecular complexity index is 451. The number of nitrogens with zero attached hydrogens (tertiary/aromatic N) is 3. The van der Waals surface area contributed by atoms with Crippen molar-refractivity contribution in [3.05, 3.63) is 34.6 Å². The molecule has 0 saturated carbocycles. The van der Waals surface area contributed by atoms with E-state index in [1.54, 1.807) is 31.1 Å². The molecule has 0 saturated heterocycles. The molecule has 0 amide bonds. The van der Waals surface area contributed by atoms with E-state index in [0.29, 0.717) is 12.4 Å². The van der Waals surface area contributed by atoms with Crippen LogP contribution < -0.4 is 0 Å². The van der Waals surface area contributed by atoms with Gasteiger partial charge in [0.05, 0.1) is 5.02 Å². The Morgan fingerprint density at radius 3 is 2.88 bits per heavy atom. The molecule has 0 N–H and O–H groups in total. The van der Waals surface area contributed by atoms with Crippen LogP contribution in [0.2, 0.25) is 5.02 Å². The van der Waals surface area contributed by atoms with Gasteiger partial charge in [0.1, 0.15) is 11.7 Å². The van der Waals surface area contributed by atoms with Crippen LogP contribution in [0.5, 0.6) is 0 Å². The highest BCUT2D eigenvalue weighted by molar-refractivity contribution is 6.30. The van der Waals surface area contributed by atoms with Crippen LogP contribution in [0.4, 0.5) is 4.39 Å². The minimum Gasteiger partial charge on any atom is -0.358 e. The first-order valence-corrected chi connectivity index (χ1v) is 5.01. The summed E-state index contributed by atoms with van der Waals surface area (Å²) in [7, 11) is 1.78. The summed E-state index contributed by atoms with van der Waals surface area (Å²) in [6, 6.07) is 4.62. The average molecular weight is 240 g/mol. The van der Waals surface area contributed by atoms with Crippen molar-refractivity contribution < 1.29 is 4.39 Å². The summed E-state index contributed by atoms with van der Waals surface area (Å²) >= 11 is 5.57. The minimum absolute atomic E-state index is 0.105. The lowest BCUT2D eigenvalue weighted by Crippen LogP contribution is -2.23. The molecule has 84 valence electrons. The molecule has 1 aromatic carbocycles. The van der Waals surface area contributed by atoms with Crippen LogP contribution in [0, 0.1) is 17.3 Å². The van der Waals surface area contributed by atoms with Gasteiger partial charge < -0.3 is 4.90 Å². The van der Waals surface area contributed by atoms with Gasteiger partial charge in [-0.15, -0.1) is 0 Å². The van der Waals surface area contributed by atoms with Gasteiger partial charge >= 0.3 is 0 Å². The standard InChI is InChI=1S/C11H11ClFN3/c1-8(15-7-14)16(2)6-9-3-4-10(12)11(13)5-9/h3-5H,6H2,1-2H3. The first kappa shape index (κ1) is 12.5. The molecule has 3 nitrogen and oxygen atoms in total. The lowest BCUT2D eigenvalue weighted by molar-refractivity contribution is 0.495. The van der Waals surface area contributed by atoms with Crippen LogP contribution >= 0.6 is 11.6 Å². The number of halogens is 2. The van der Waals surface area contributed by atoms with Gasteiger partial charge in [-0.05, 0) is 24.6 Å². The Morgan fingerprint density at radius 1 is 1.62 bits per heavy atom. The maximum absolute atomic E-state index is 13.1. The molecule has 0 radical (unpaired) electrons. The van der Waals surface area contributed by atoms with Crippen molar-refractivity contribution in [3.8, 4) is 6.19 Å². The molecule has 16 heavy (non-hydrogen) atoms. The van der Waals surface area contributed by atoms with Gasteiger partial charge in [-0.3, -0.25) is 0 Å². The normalized spacial score (nSPS) is 11.1. The highest BCUT2D eigenvalue weighted by Crippen LogP contribution is 2.16. The summed E-state index contributed by atoms with van der Waals surface area (Å²) < 4.78 is 13.1. The predicted octanol–water partition coefficient (Wildman–Crippen LogP) is 2.81. The van der Waals surface area contributed by atoms with E-state index < -0.39 is 5.82 Å². The van der Waals surface area contributed by atoms with Gasteiger partial charge in [-0.2, -0.15) is 10.3 Å². The molecule has 0 aliphatic rings. The number of hydrogen-bond acceptors (Lipinski definition) is 2. The van der Waals surface area contributed by atoms with Gasteiger partial charge in [0.15, 0.2) is 0 Å². The van der Waals surface area contributed by atoms with E-state index in [9.17, 15) is 4.39 Å². The SMILES string of the molecule is CC(=NC#N)N(C)Cc1ccc(Cl)c(F)c1. The molecule has 0 unspecified atom stereocenters. The highest BCUT2D eigenvalue weighted by Gasteiger charge is 2.05. The summed E-state index contributed by atoms with van der Waals surface area (Å²) in [5, 5.41) is 8.50. The van der Waals surface area contributed by atoms with Crippen molar-refractivity contribution in [1.82, 2.24) is 4.90 Å². The maximum Gasteiger partial charge on any atom is 0.207 e. The molecule has 1 aromatic rings. The second-order valence-corrected chi connectivity index (χ2v) is 3.77. The monoisotopic (exact) mass is 239 g/mol. The third-order valence-corrected chi connectivity index (χ3v) is 2.47. The molecular formula is C11H11ClFN3. The highest BCUT2D eigenvalue weighted by atomic mass is 35.5. The molecule has 0 atom stereocenters. The van der Waals surface area contributed by atoms with E-state index >= 15 is 0 Å². The molecule has 0 aliphatic carbocycles. The Labute approximate surface area is 98.8 Å². The van der Waals surface area contributed by atoms with Gasteiger partial charge in [0, 0.05) is 13.6 Å². The fourth-order valence-electron chi connectivity index (χ4n) is 1.18. The van der Waals surface area contributed by atoms with Crippen molar-refractivity contribution in [3.63, 3.8) is 0 Å². The zero-order chi connectivity index (χ0) is 12.1. The summed E-state index contributed by atoms with van der Waals surface area (Å²) in [5.74, 6) is 0.139. The van der Waals surface area contributed by atoms with E-state index in [1.165, 1.54) is 12.1 Å². The van der Waals surface area contributed by atoms with Gasteiger partial charge in [0.25, 0.3) is 0 Å². The van der Waals surface area contributed by atoms with Crippen LogP contribution in [-0.4, -0.2) is 17.8 Å². The smallest absolute Gasteiger partial charge is 0.207 e. The number of amidine groups is 1. The topological polar surface area (TPSA) is 39.4 Å². The van der Waals surface area contributed by atoms with Crippen LogP contribution in [-0.2, 0) is 6.54 Å². The first-order valence-electron chi connectivity index (χ1n) is 4.63. The fourth-order valence-corrected chi connectivity index (χ4v) is 1.30. The zero-order valence-corrected chi connectivity index (χ0v) is 9.79. The van der Waals surface area contributed by atoms with E-state index in [0.717, 1.165) is 5.56 Å². The van der Waals surface area contributed by atoms with Crippen LogP contribution in [0.25, 0.3) is 0 Å². The Kier molecular flexibility index (Phi) is 4.27. The number of benzene rings is 1. The number of hydrogen-bond donors (Lipinski definition) is 0. The second-order valence-electron chi connectivity index (χ2n) is 3.36. The van der Waals surface area contributed by atoms with E-state index in [4.69, 9.17) is 16.9 Å². The molecular weight excluding hydrogens is 229 g/mol. The third kappa shape index (κ3) is 3.21. The Morgan fingerprint density at radius 2 is 2.31 bits per heavy atom. The number of aliphatic imine (C=N–C) groups is 1. The van der Waals surface area contributed by atoms with Crippen LogP contribution in [0.1, 0.15) is 12.5 Å². The summed E-state index contributed by atoms with van der Waals surface area (Å²) in [6.45, 7) is 2.20. The summed E-state index contributed by atoms with van der Waals surface area (Å²) in [5.41, 5.74) is 0.775. The van der Waals surface area contributed by atoms with E-state index in [2.05, 4.69) is 4.99 Å².